The molecule has 1 fully saturated rings. The van der Waals surface area contributed by atoms with Crippen molar-refractivity contribution >= 4 is 5.91 Å². The number of hydrogen-bond donors (Lipinski definition) is 2. The van der Waals surface area contributed by atoms with Crippen LogP contribution in [0.3, 0.4) is 0 Å². The van der Waals surface area contributed by atoms with Gasteiger partial charge in [0.1, 0.15) is 5.82 Å². The van der Waals surface area contributed by atoms with Crippen LogP contribution in [0.5, 0.6) is 0 Å². The molecule has 0 aliphatic carbocycles. The maximum Gasteiger partial charge on any atom is 0.220 e. The van der Waals surface area contributed by atoms with Crippen LogP contribution in [-0.4, -0.2) is 19.0 Å². The van der Waals surface area contributed by atoms with E-state index in [4.69, 9.17) is 0 Å². The zero-order valence-corrected chi connectivity index (χ0v) is 11.3. The first kappa shape index (κ1) is 14.0. The van der Waals surface area contributed by atoms with Crippen molar-refractivity contribution in [1.82, 2.24) is 10.6 Å². The molecule has 1 aliphatic heterocycles. The van der Waals surface area contributed by atoms with Gasteiger partial charge in [0.2, 0.25) is 5.91 Å². The average Bonchev–Trinajstić information content (AvgIpc) is 2.90. The van der Waals surface area contributed by atoms with E-state index >= 15 is 0 Å². The van der Waals surface area contributed by atoms with Crippen molar-refractivity contribution in [2.24, 2.45) is 5.92 Å². The third-order valence-electron chi connectivity index (χ3n) is 3.69. The van der Waals surface area contributed by atoms with Crippen LogP contribution in [0.15, 0.2) is 24.3 Å². The fourth-order valence-corrected chi connectivity index (χ4v) is 2.51. The number of benzene rings is 1. The predicted octanol–water partition coefficient (Wildman–Crippen LogP) is 2.39. The quantitative estimate of drug-likeness (QED) is 0.857. The van der Waals surface area contributed by atoms with E-state index in [1.54, 1.807) is 18.2 Å². The second-order valence-electron chi connectivity index (χ2n) is 5.21. The highest BCUT2D eigenvalue weighted by molar-refractivity contribution is 5.76. The van der Waals surface area contributed by atoms with Gasteiger partial charge < -0.3 is 10.6 Å². The first-order chi connectivity index (χ1) is 9.16. The second kappa shape index (κ2) is 6.66. The summed E-state index contributed by atoms with van der Waals surface area (Å²) in [4.78, 5) is 11.8. The number of nitrogens with one attached hydrogen (secondary N) is 2. The summed E-state index contributed by atoms with van der Waals surface area (Å²) in [5.74, 6) is 0.340. The van der Waals surface area contributed by atoms with Gasteiger partial charge in [-0.2, -0.15) is 0 Å². The third-order valence-corrected chi connectivity index (χ3v) is 3.69. The van der Waals surface area contributed by atoms with Crippen LogP contribution < -0.4 is 10.6 Å². The van der Waals surface area contributed by atoms with Gasteiger partial charge in [-0.3, -0.25) is 4.79 Å². The smallest absolute Gasteiger partial charge is 0.220 e. The van der Waals surface area contributed by atoms with Gasteiger partial charge in [-0.25, -0.2) is 4.39 Å². The lowest BCUT2D eigenvalue weighted by Crippen LogP contribution is -2.27. The number of halogens is 1. The molecule has 1 heterocycles. The van der Waals surface area contributed by atoms with E-state index in [9.17, 15) is 9.18 Å². The fourth-order valence-electron chi connectivity index (χ4n) is 2.51. The van der Waals surface area contributed by atoms with Gasteiger partial charge in [0.15, 0.2) is 0 Å². The fraction of sp³-hybridized carbons (Fsp3) is 0.533. The topological polar surface area (TPSA) is 41.1 Å². The van der Waals surface area contributed by atoms with E-state index in [0.717, 1.165) is 25.9 Å². The molecule has 19 heavy (non-hydrogen) atoms. The lowest BCUT2D eigenvalue weighted by molar-refractivity contribution is -0.122. The van der Waals surface area contributed by atoms with Crippen molar-refractivity contribution in [1.29, 1.82) is 0 Å². The number of hydrogen-bond acceptors (Lipinski definition) is 2. The van der Waals surface area contributed by atoms with Crippen LogP contribution in [0.4, 0.5) is 4.39 Å². The summed E-state index contributed by atoms with van der Waals surface area (Å²) in [5, 5.41) is 6.15. The minimum absolute atomic E-state index is 0.00246. The monoisotopic (exact) mass is 264 g/mol. The van der Waals surface area contributed by atoms with E-state index in [0.29, 0.717) is 17.9 Å². The van der Waals surface area contributed by atoms with Gasteiger partial charge in [-0.1, -0.05) is 18.2 Å². The van der Waals surface area contributed by atoms with E-state index in [1.807, 2.05) is 6.92 Å². The highest BCUT2D eigenvalue weighted by atomic mass is 19.1. The van der Waals surface area contributed by atoms with Crippen molar-refractivity contribution in [3.05, 3.63) is 35.6 Å². The zero-order chi connectivity index (χ0) is 13.7. The lowest BCUT2D eigenvalue weighted by Gasteiger charge is -2.15. The minimum atomic E-state index is -0.282. The molecule has 0 bridgehead atoms. The minimum Gasteiger partial charge on any atom is -0.349 e. The van der Waals surface area contributed by atoms with E-state index in [1.165, 1.54) is 6.07 Å². The molecule has 1 aromatic carbocycles. The summed E-state index contributed by atoms with van der Waals surface area (Å²) in [6.07, 6.45) is 2.57. The predicted molar refractivity (Wildman–Crippen MR) is 73.2 cm³/mol. The van der Waals surface area contributed by atoms with E-state index in [2.05, 4.69) is 10.6 Å². The molecule has 1 aliphatic rings. The van der Waals surface area contributed by atoms with Crippen LogP contribution in [0.2, 0.25) is 0 Å². The summed E-state index contributed by atoms with van der Waals surface area (Å²) < 4.78 is 13.6. The molecular weight excluding hydrogens is 243 g/mol. The van der Waals surface area contributed by atoms with Crippen LogP contribution in [0.1, 0.15) is 37.8 Å². The Morgan fingerprint density at radius 3 is 3.00 bits per heavy atom. The Bertz CT molecular complexity index is 430. The summed E-state index contributed by atoms with van der Waals surface area (Å²) in [6.45, 7) is 3.88. The summed E-state index contributed by atoms with van der Waals surface area (Å²) >= 11 is 0. The van der Waals surface area contributed by atoms with Gasteiger partial charge in [-0.15, -0.1) is 0 Å². The number of carbonyl (C=O) groups is 1. The van der Waals surface area contributed by atoms with Gasteiger partial charge >= 0.3 is 0 Å². The maximum absolute atomic E-state index is 13.6. The Morgan fingerprint density at radius 1 is 1.53 bits per heavy atom. The molecule has 1 amide bonds. The van der Waals surface area contributed by atoms with Crippen molar-refractivity contribution in [2.75, 3.05) is 13.1 Å². The first-order valence-corrected chi connectivity index (χ1v) is 6.91. The standard InChI is InChI=1S/C15H21FN2O/c1-11(13-4-2-3-5-14(13)16)18-15(19)7-6-12-8-9-17-10-12/h2-5,11-12,17H,6-10H2,1H3,(H,18,19)/t11-,12?/m1/s1. The molecule has 0 spiro atoms. The molecule has 0 aromatic heterocycles. The summed E-state index contributed by atoms with van der Waals surface area (Å²) in [7, 11) is 0. The number of amides is 1. The Labute approximate surface area is 113 Å². The van der Waals surface area contributed by atoms with Gasteiger partial charge in [0.25, 0.3) is 0 Å². The third kappa shape index (κ3) is 4.03. The molecule has 2 N–H and O–H groups in total. The molecule has 0 radical (unpaired) electrons. The summed E-state index contributed by atoms with van der Waals surface area (Å²) in [6, 6.07) is 6.28. The Balaban J connectivity index is 1.79. The molecule has 1 aromatic rings. The van der Waals surface area contributed by atoms with Gasteiger partial charge in [0, 0.05) is 12.0 Å². The molecule has 3 nitrogen and oxygen atoms in total. The van der Waals surface area contributed by atoms with Crippen LogP contribution in [0.25, 0.3) is 0 Å². The largest absolute Gasteiger partial charge is 0.349 e. The Morgan fingerprint density at radius 2 is 2.32 bits per heavy atom. The van der Waals surface area contributed by atoms with E-state index < -0.39 is 0 Å². The zero-order valence-electron chi connectivity index (χ0n) is 11.3. The highest BCUT2D eigenvalue weighted by Crippen LogP contribution is 2.17. The molecule has 2 atom stereocenters. The Kier molecular flexibility index (Phi) is 4.91. The number of carbonyl (C=O) groups excluding carboxylic acids is 1. The molecule has 104 valence electrons. The Hall–Kier alpha value is -1.42. The molecule has 1 saturated heterocycles. The molecule has 0 saturated carbocycles. The van der Waals surface area contributed by atoms with Crippen LogP contribution in [-0.2, 0) is 4.79 Å². The normalized spacial score (nSPS) is 20.2. The molecule has 2 rings (SSSR count). The molecule has 1 unspecified atom stereocenters. The van der Waals surface area contributed by atoms with Crippen LogP contribution in [0, 0.1) is 11.7 Å². The van der Waals surface area contributed by atoms with Crippen molar-refractivity contribution in [3.8, 4) is 0 Å². The van der Waals surface area contributed by atoms with Crippen molar-refractivity contribution in [2.45, 2.75) is 32.2 Å². The lowest BCUT2D eigenvalue weighted by atomic mass is 10.0. The number of rotatable bonds is 5. The molecule has 4 heteroatoms. The van der Waals surface area contributed by atoms with Crippen molar-refractivity contribution < 1.29 is 9.18 Å². The van der Waals surface area contributed by atoms with Crippen molar-refractivity contribution in [3.63, 3.8) is 0 Å². The first-order valence-electron chi connectivity index (χ1n) is 6.91. The second-order valence-corrected chi connectivity index (χ2v) is 5.21. The maximum atomic E-state index is 13.6. The molecular formula is C15H21FN2O. The average molecular weight is 264 g/mol. The van der Waals surface area contributed by atoms with E-state index in [-0.39, 0.29) is 17.8 Å². The van der Waals surface area contributed by atoms with Gasteiger partial charge in [-0.05, 0) is 44.8 Å². The van der Waals surface area contributed by atoms with Crippen LogP contribution >= 0.6 is 0 Å². The SMILES string of the molecule is C[C@@H](NC(=O)CCC1CCNC1)c1ccccc1F. The highest BCUT2D eigenvalue weighted by Gasteiger charge is 2.17. The summed E-state index contributed by atoms with van der Waals surface area (Å²) in [5.41, 5.74) is 0.540. The van der Waals surface area contributed by atoms with Gasteiger partial charge in [0.05, 0.1) is 6.04 Å².